The van der Waals surface area contributed by atoms with E-state index in [1.54, 1.807) is 5.32 Å². The standard InChI is InChI=1S/C8H4BrF4NO/c9-5-2-1-4(10)3-6(5)14-7(15)8(11,12)13/h1-3H,(H,14,15). The van der Waals surface area contributed by atoms with Gasteiger partial charge in [0.15, 0.2) is 0 Å². The number of hydrogen-bond acceptors (Lipinski definition) is 1. The molecule has 0 fully saturated rings. The Hall–Kier alpha value is -1.11. The third-order valence-corrected chi connectivity index (χ3v) is 2.13. The number of anilines is 1. The van der Waals surface area contributed by atoms with Gasteiger partial charge >= 0.3 is 12.1 Å². The van der Waals surface area contributed by atoms with Crippen molar-refractivity contribution < 1.29 is 22.4 Å². The highest BCUT2D eigenvalue weighted by molar-refractivity contribution is 9.10. The molecule has 2 nitrogen and oxygen atoms in total. The van der Waals surface area contributed by atoms with Crippen LogP contribution in [-0.4, -0.2) is 12.1 Å². The van der Waals surface area contributed by atoms with Gasteiger partial charge in [-0.25, -0.2) is 4.39 Å². The zero-order chi connectivity index (χ0) is 11.6. The average molecular weight is 286 g/mol. The van der Waals surface area contributed by atoms with Crippen LogP contribution in [-0.2, 0) is 4.79 Å². The molecule has 1 aromatic rings. The third-order valence-electron chi connectivity index (χ3n) is 1.43. The van der Waals surface area contributed by atoms with Gasteiger partial charge in [-0.1, -0.05) is 0 Å². The highest BCUT2D eigenvalue weighted by Gasteiger charge is 2.38. The van der Waals surface area contributed by atoms with E-state index < -0.39 is 17.9 Å². The number of rotatable bonds is 1. The van der Waals surface area contributed by atoms with Crippen LogP contribution >= 0.6 is 15.9 Å². The van der Waals surface area contributed by atoms with Crippen molar-refractivity contribution in [3.05, 3.63) is 28.5 Å². The number of amides is 1. The van der Waals surface area contributed by atoms with Crippen LogP contribution in [0.5, 0.6) is 0 Å². The molecule has 0 spiro atoms. The Kier molecular flexibility index (Phi) is 3.33. The van der Waals surface area contributed by atoms with Gasteiger partial charge < -0.3 is 5.32 Å². The zero-order valence-corrected chi connectivity index (χ0v) is 8.62. The molecule has 1 N–H and O–H groups in total. The monoisotopic (exact) mass is 285 g/mol. The molecule has 0 aliphatic carbocycles. The molecule has 1 aromatic carbocycles. The SMILES string of the molecule is O=C(Nc1cc(F)ccc1Br)C(F)(F)F. The Balaban J connectivity index is 2.90. The van der Waals surface area contributed by atoms with Crippen molar-refractivity contribution in [2.24, 2.45) is 0 Å². The van der Waals surface area contributed by atoms with Crippen LogP contribution in [0.15, 0.2) is 22.7 Å². The predicted molar refractivity (Wildman–Crippen MR) is 48.8 cm³/mol. The fourth-order valence-corrected chi connectivity index (χ4v) is 1.13. The fraction of sp³-hybridized carbons (Fsp3) is 0.125. The molecule has 0 heterocycles. The van der Waals surface area contributed by atoms with Crippen LogP contribution < -0.4 is 5.32 Å². The van der Waals surface area contributed by atoms with Crippen LogP contribution in [0.3, 0.4) is 0 Å². The smallest absolute Gasteiger partial charge is 0.317 e. The van der Waals surface area contributed by atoms with E-state index in [0.29, 0.717) is 0 Å². The molecule has 0 unspecified atom stereocenters. The molecule has 0 saturated carbocycles. The lowest BCUT2D eigenvalue weighted by Crippen LogP contribution is -2.30. The lowest BCUT2D eigenvalue weighted by Gasteiger charge is -2.09. The van der Waals surface area contributed by atoms with Gasteiger partial charge in [0.2, 0.25) is 0 Å². The van der Waals surface area contributed by atoms with E-state index in [1.807, 2.05) is 0 Å². The second-order valence-corrected chi connectivity index (χ2v) is 3.43. The van der Waals surface area contributed by atoms with Crippen molar-refractivity contribution in [3.8, 4) is 0 Å². The van der Waals surface area contributed by atoms with Gasteiger partial charge in [0.05, 0.1) is 5.69 Å². The summed E-state index contributed by atoms with van der Waals surface area (Å²) in [7, 11) is 0. The van der Waals surface area contributed by atoms with E-state index >= 15 is 0 Å². The van der Waals surface area contributed by atoms with Gasteiger partial charge in [-0.15, -0.1) is 0 Å². The summed E-state index contributed by atoms with van der Waals surface area (Å²) in [6.07, 6.45) is -4.99. The van der Waals surface area contributed by atoms with Crippen molar-refractivity contribution >= 4 is 27.5 Å². The minimum atomic E-state index is -4.99. The maximum absolute atomic E-state index is 12.6. The second-order valence-electron chi connectivity index (χ2n) is 2.58. The fourth-order valence-electron chi connectivity index (χ4n) is 0.786. The third kappa shape index (κ3) is 3.19. The van der Waals surface area contributed by atoms with Crippen LogP contribution in [0.25, 0.3) is 0 Å². The lowest BCUT2D eigenvalue weighted by atomic mass is 10.3. The summed E-state index contributed by atoms with van der Waals surface area (Å²) in [5.74, 6) is -2.88. The molecule has 7 heteroatoms. The molecule has 0 aromatic heterocycles. The maximum Gasteiger partial charge on any atom is 0.471 e. The molecule has 0 radical (unpaired) electrons. The van der Waals surface area contributed by atoms with Crippen molar-refractivity contribution in [2.45, 2.75) is 6.18 Å². The van der Waals surface area contributed by atoms with Crippen LogP contribution in [0.2, 0.25) is 0 Å². The van der Waals surface area contributed by atoms with E-state index in [1.165, 1.54) is 6.07 Å². The van der Waals surface area contributed by atoms with Crippen molar-refractivity contribution in [1.82, 2.24) is 0 Å². The number of benzene rings is 1. The summed E-state index contributed by atoms with van der Waals surface area (Å²) in [4.78, 5) is 10.5. The van der Waals surface area contributed by atoms with Crippen LogP contribution in [0, 0.1) is 5.82 Å². The predicted octanol–water partition coefficient (Wildman–Crippen LogP) is 3.09. The Morgan fingerprint density at radius 3 is 2.47 bits per heavy atom. The summed E-state index contributed by atoms with van der Waals surface area (Å²) in [6.45, 7) is 0. The number of carbonyl (C=O) groups excluding carboxylic acids is 1. The number of alkyl halides is 3. The molecule has 0 bridgehead atoms. The first kappa shape index (κ1) is 12.0. The number of hydrogen-bond donors (Lipinski definition) is 1. The maximum atomic E-state index is 12.6. The van der Waals surface area contributed by atoms with Gasteiger partial charge in [0.1, 0.15) is 5.82 Å². The molecule has 0 aliphatic heterocycles. The summed E-state index contributed by atoms with van der Waals surface area (Å²) >= 11 is 2.88. The summed E-state index contributed by atoms with van der Waals surface area (Å²) < 4.78 is 48.3. The Morgan fingerprint density at radius 1 is 1.33 bits per heavy atom. The molecular weight excluding hydrogens is 282 g/mol. The highest BCUT2D eigenvalue weighted by Crippen LogP contribution is 2.25. The van der Waals surface area contributed by atoms with Crippen LogP contribution in [0.4, 0.5) is 23.2 Å². The molecule has 1 amide bonds. The molecular formula is C8H4BrF4NO. The Bertz CT molecular complexity index is 391. The van der Waals surface area contributed by atoms with Gasteiger partial charge in [0, 0.05) is 4.47 Å². The van der Waals surface area contributed by atoms with Crippen molar-refractivity contribution in [1.29, 1.82) is 0 Å². The quantitative estimate of drug-likeness (QED) is 0.790. The van der Waals surface area contributed by atoms with E-state index in [9.17, 15) is 22.4 Å². The first-order valence-corrected chi connectivity index (χ1v) is 4.43. The molecule has 15 heavy (non-hydrogen) atoms. The Labute approximate surface area is 90.4 Å². The largest absolute Gasteiger partial charge is 0.471 e. The molecule has 0 aliphatic rings. The minimum Gasteiger partial charge on any atom is -0.317 e. The topological polar surface area (TPSA) is 29.1 Å². The van der Waals surface area contributed by atoms with E-state index in [2.05, 4.69) is 15.9 Å². The molecule has 82 valence electrons. The average Bonchev–Trinajstić information content (AvgIpc) is 2.09. The van der Waals surface area contributed by atoms with Crippen LogP contribution in [0.1, 0.15) is 0 Å². The van der Waals surface area contributed by atoms with Gasteiger partial charge in [-0.05, 0) is 34.1 Å². The lowest BCUT2D eigenvalue weighted by molar-refractivity contribution is -0.167. The normalized spacial score (nSPS) is 11.3. The first-order chi connectivity index (χ1) is 6.80. The summed E-state index contributed by atoms with van der Waals surface area (Å²) in [5.41, 5.74) is -0.266. The first-order valence-electron chi connectivity index (χ1n) is 3.64. The van der Waals surface area contributed by atoms with Gasteiger partial charge in [-0.2, -0.15) is 13.2 Å². The van der Waals surface area contributed by atoms with Gasteiger partial charge in [0.25, 0.3) is 0 Å². The molecule has 0 atom stereocenters. The summed E-state index contributed by atoms with van der Waals surface area (Å²) in [5, 5.41) is 1.54. The minimum absolute atomic E-state index is 0.168. The zero-order valence-electron chi connectivity index (χ0n) is 7.03. The second kappa shape index (κ2) is 4.18. The van der Waals surface area contributed by atoms with E-state index in [-0.39, 0.29) is 10.2 Å². The Morgan fingerprint density at radius 2 is 1.93 bits per heavy atom. The van der Waals surface area contributed by atoms with Gasteiger partial charge in [-0.3, -0.25) is 4.79 Å². The van der Waals surface area contributed by atoms with Crippen molar-refractivity contribution in [3.63, 3.8) is 0 Å². The van der Waals surface area contributed by atoms with Crippen molar-refractivity contribution in [2.75, 3.05) is 5.32 Å². The molecule has 1 rings (SSSR count). The number of nitrogens with one attached hydrogen (secondary N) is 1. The van der Waals surface area contributed by atoms with E-state index in [0.717, 1.165) is 12.1 Å². The highest BCUT2D eigenvalue weighted by atomic mass is 79.9. The van der Waals surface area contributed by atoms with E-state index in [4.69, 9.17) is 0 Å². The number of carbonyl (C=O) groups is 1. The number of halogens is 5. The molecule has 0 saturated heterocycles. The summed E-state index contributed by atoms with van der Waals surface area (Å²) in [6, 6.07) is 3.03.